The third-order valence-corrected chi connectivity index (χ3v) is 2.89. The number of aromatic carboxylic acids is 1. The zero-order chi connectivity index (χ0) is 11.9. The van der Waals surface area contributed by atoms with E-state index in [0.29, 0.717) is 15.8 Å². The Morgan fingerprint density at radius 3 is 2.94 bits per heavy atom. The molecule has 2 rings (SSSR count). The van der Waals surface area contributed by atoms with Crippen LogP contribution in [-0.4, -0.2) is 20.5 Å². The highest BCUT2D eigenvalue weighted by Crippen LogP contribution is 2.24. The molecule has 2 aromatic rings. The summed E-state index contributed by atoms with van der Waals surface area (Å²) in [5.74, 6) is -0.523. The number of nitrogens with zero attached hydrogens (tertiary/aromatic N) is 2. The maximum absolute atomic E-state index is 11.1. The molecule has 0 fully saturated rings. The monoisotopic (exact) mass is 283 g/mol. The van der Waals surface area contributed by atoms with Crippen LogP contribution in [0.2, 0.25) is 0 Å². The first kappa shape index (κ1) is 11.1. The molecule has 0 aromatic carbocycles. The van der Waals surface area contributed by atoms with E-state index in [4.69, 9.17) is 10.8 Å². The first-order valence-corrected chi connectivity index (χ1v) is 5.47. The Labute approximate surface area is 100 Å². The minimum atomic E-state index is -1.06. The van der Waals surface area contributed by atoms with Crippen molar-refractivity contribution in [3.05, 3.63) is 34.3 Å². The molecule has 0 aliphatic heterocycles. The molecule has 0 saturated carbocycles. The van der Waals surface area contributed by atoms with Crippen molar-refractivity contribution in [1.82, 2.24) is 9.38 Å². The maximum atomic E-state index is 11.1. The third-order valence-electron chi connectivity index (χ3n) is 2.25. The molecule has 0 bridgehead atoms. The molecule has 1 atom stereocenters. The molecule has 0 radical (unpaired) electrons. The lowest BCUT2D eigenvalue weighted by Crippen LogP contribution is -2.09. The average molecular weight is 284 g/mol. The number of fused-ring (bicyclic) bond motifs is 1. The van der Waals surface area contributed by atoms with Crippen LogP contribution in [0.5, 0.6) is 0 Å². The normalized spacial score (nSPS) is 12.9. The summed E-state index contributed by atoms with van der Waals surface area (Å²) in [5.41, 5.74) is 6.30. The number of carboxylic acid groups (broad SMARTS) is 1. The molecular weight excluding hydrogens is 274 g/mol. The lowest BCUT2D eigenvalue weighted by molar-refractivity contribution is 0.0693. The highest BCUT2D eigenvalue weighted by atomic mass is 79.9. The summed E-state index contributed by atoms with van der Waals surface area (Å²) >= 11 is 3.31. The van der Waals surface area contributed by atoms with Gasteiger partial charge in [0.15, 0.2) is 5.69 Å². The predicted octanol–water partition coefficient (Wildman–Crippen LogP) is 1.81. The van der Waals surface area contributed by atoms with Gasteiger partial charge in [0.25, 0.3) is 0 Å². The van der Waals surface area contributed by atoms with Crippen LogP contribution >= 0.6 is 15.9 Å². The molecule has 16 heavy (non-hydrogen) atoms. The van der Waals surface area contributed by atoms with E-state index in [1.54, 1.807) is 29.7 Å². The second-order valence-corrected chi connectivity index (χ2v) is 4.34. The van der Waals surface area contributed by atoms with Crippen molar-refractivity contribution in [3.8, 4) is 0 Å². The molecule has 0 spiro atoms. The Hall–Kier alpha value is -1.40. The Kier molecular flexibility index (Phi) is 2.69. The fraction of sp³-hybridized carbons (Fsp3) is 0.200. The Bertz CT molecular complexity index is 562. The van der Waals surface area contributed by atoms with Gasteiger partial charge in [-0.1, -0.05) is 0 Å². The van der Waals surface area contributed by atoms with Gasteiger partial charge in [-0.05, 0) is 35.0 Å². The van der Waals surface area contributed by atoms with Crippen LogP contribution in [0.25, 0.3) is 5.52 Å². The van der Waals surface area contributed by atoms with E-state index in [0.717, 1.165) is 0 Å². The van der Waals surface area contributed by atoms with Crippen molar-refractivity contribution in [3.63, 3.8) is 0 Å². The largest absolute Gasteiger partial charge is 0.476 e. The molecular formula is C10H10BrN3O2. The zero-order valence-corrected chi connectivity index (χ0v) is 10.1. The van der Waals surface area contributed by atoms with E-state index >= 15 is 0 Å². The summed E-state index contributed by atoms with van der Waals surface area (Å²) in [6.45, 7) is 1.77. The second-order valence-electron chi connectivity index (χ2n) is 3.49. The number of pyridine rings is 1. The van der Waals surface area contributed by atoms with Gasteiger partial charge >= 0.3 is 5.97 Å². The van der Waals surface area contributed by atoms with Crippen LogP contribution < -0.4 is 5.73 Å². The van der Waals surface area contributed by atoms with E-state index < -0.39 is 5.97 Å². The molecule has 0 amide bonds. The number of rotatable bonds is 2. The lowest BCUT2D eigenvalue weighted by atomic mass is 10.3. The van der Waals surface area contributed by atoms with Gasteiger partial charge in [-0.15, -0.1) is 0 Å². The van der Waals surface area contributed by atoms with Crippen molar-refractivity contribution in [2.24, 2.45) is 5.73 Å². The third kappa shape index (κ3) is 1.60. The van der Waals surface area contributed by atoms with Gasteiger partial charge in [0.05, 0.1) is 11.6 Å². The topological polar surface area (TPSA) is 80.6 Å². The summed E-state index contributed by atoms with van der Waals surface area (Å²) in [4.78, 5) is 15.1. The first-order chi connectivity index (χ1) is 7.52. The second kappa shape index (κ2) is 3.88. The van der Waals surface area contributed by atoms with Crippen LogP contribution in [0, 0.1) is 0 Å². The summed E-state index contributed by atoms with van der Waals surface area (Å²) < 4.78 is 2.38. The fourth-order valence-electron chi connectivity index (χ4n) is 1.59. The van der Waals surface area contributed by atoms with Gasteiger partial charge in [0.2, 0.25) is 0 Å². The summed E-state index contributed by atoms with van der Waals surface area (Å²) in [7, 11) is 0. The van der Waals surface area contributed by atoms with Gasteiger partial charge < -0.3 is 15.2 Å². The number of hydrogen-bond donors (Lipinski definition) is 2. The first-order valence-electron chi connectivity index (χ1n) is 4.67. The minimum absolute atomic E-state index is 0.0137. The van der Waals surface area contributed by atoms with Gasteiger partial charge in [0.1, 0.15) is 5.82 Å². The van der Waals surface area contributed by atoms with E-state index in [9.17, 15) is 4.79 Å². The van der Waals surface area contributed by atoms with E-state index in [1.165, 1.54) is 0 Å². The average Bonchev–Trinajstić information content (AvgIpc) is 2.58. The van der Waals surface area contributed by atoms with Crippen LogP contribution in [0.3, 0.4) is 0 Å². The highest BCUT2D eigenvalue weighted by Gasteiger charge is 2.20. The van der Waals surface area contributed by atoms with Gasteiger partial charge in [-0.2, -0.15) is 0 Å². The number of aromatic nitrogens is 2. The molecule has 0 aliphatic rings. The lowest BCUT2D eigenvalue weighted by Gasteiger charge is -2.04. The molecule has 84 valence electrons. The quantitative estimate of drug-likeness (QED) is 0.881. The minimum Gasteiger partial charge on any atom is -0.476 e. The summed E-state index contributed by atoms with van der Waals surface area (Å²) in [6, 6.07) is 3.25. The molecule has 0 aliphatic carbocycles. The predicted molar refractivity (Wildman–Crippen MR) is 62.5 cm³/mol. The number of hydrogen-bond acceptors (Lipinski definition) is 3. The molecule has 5 nitrogen and oxygen atoms in total. The molecule has 3 N–H and O–H groups in total. The summed E-state index contributed by atoms with van der Waals surface area (Å²) in [5, 5.41) is 9.06. The van der Waals surface area contributed by atoms with Gasteiger partial charge in [-0.3, -0.25) is 0 Å². The Balaban J connectivity index is 2.87. The van der Waals surface area contributed by atoms with Crippen molar-refractivity contribution in [2.75, 3.05) is 0 Å². The van der Waals surface area contributed by atoms with E-state index in [-0.39, 0.29) is 11.7 Å². The smallest absolute Gasteiger partial charge is 0.356 e. The van der Waals surface area contributed by atoms with Gasteiger partial charge in [-0.25, -0.2) is 9.78 Å². The van der Waals surface area contributed by atoms with Crippen molar-refractivity contribution < 1.29 is 9.90 Å². The molecule has 2 aromatic heterocycles. The molecule has 0 saturated heterocycles. The van der Waals surface area contributed by atoms with Crippen molar-refractivity contribution in [1.29, 1.82) is 0 Å². The molecule has 1 unspecified atom stereocenters. The van der Waals surface area contributed by atoms with Crippen LogP contribution in [0.15, 0.2) is 22.8 Å². The Morgan fingerprint density at radius 1 is 1.69 bits per heavy atom. The maximum Gasteiger partial charge on any atom is 0.356 e. The standard InChI is InChI=1S/C10H10BrN3O2/c1-5(12)9-13-7(10(15)16)8-6(11)3-2-4-14(8)9/h2-5H,12H2,1H3,(H,15,16). The van der Waals surface area contributed by atoms with Crippen LogP contribution in [-0.2, 0) is 0 Å². The SMILES string of the molecule is CC(N)c1nc(C(=O)O)c2c(Br)cccn12. The van der Waals surface area contributed by atoms with Gasteiger partial charge in [0, 0.05) is 10.7 Å². The van der Waals surface area contributed by atoms with Crippen molar-refractivity contribution >= 4 is 27.4 Å². The zero-order valence-electron chi connectivity index (χ0n) is 8.51. The number of carboxylic acids is 1. The van der Waals surface area contributed by atoms with Crippen LogP contribution in [0.1, 0.15) is 29.3 Å². The number of nitrogens with two attached hydrogens (primary N) is 1. The van der Waals surface area contributed by atoms with Crippen molar-refractivity contribution in [2.45, 2.75) is 13.0 Å². The summed E-state index contributed by atoms with van der Waals surface area (Å²) in [6.07, 6.45) is 1.75. The number of imidazole rings is 1. The Morgan fingerprint density at radius 2 is 2.38 bits per heavy atom. The molecule has 6 heteroatoms. The number of carbonyl (C=O) groups is 1. The molecule has 2 heterocycles. The van der Waals surface area contributed by atoms with Crippen LogP contribution in [0.4, 0.5) is 0 Å². The fourth-order valence-corrected chi connectivity index (χ4v) is 2.12. The van der Waals surface area contributed by atoms with E-state index in [1.807, 2.05) is 0 Å². The van der Waals surface area contributed by atoms with E-state index in [2.05, 4.69) is 20.9 Å². The highest BCUT2D eigenvalue weighted by molar-refractivity contribution is 9.10. The number of halogens is 1.